The lowest BCUT2D eigenvalue weighted by molar-refractivity contribution is -0.134. The normalized spacial score (nSPS) is 14.8. The number of halogens is 1. The fourth-order valence-corrected chi connectivity index (χ4v) is 3.64. The fraction of sp³-hybridized carbons (Fsp3) is 0.435. The largest absolute Gasteiger partial charge is 0.481 e. The molecule has 2 N–H and O–H groups in total. The Morgan fingerprint density at radius 3 is 2.44 bits per heavy atom. The molecule has 2 aromatic rings. The average molecular weight is 371 g/mol. The van der Waals surface area contributed by atoms with Crippen molar-refractivity contribution in [3.63, 3.8) is 0 Å². The van der Waals surface area contributed by atoms with Crippen molar-refractivity contribution in [1.29, 1.82) is 0 Å². The van der Waals surface area contributed by atoms with Crippen molar-refractivity contribution in [1.82, 2.24) is 0 Å². The zero-order valence-electron chi connectivity index (χ0n) is 16.5. The van der Waals surface area contributed by atoms with Crippen LogP contribution in [-0.4, -0.2) is 17.6 Å². The van der Waals surface area contributed by atoms with Crippen molar-refractivity contribution in [2.24, 2.45) is 0 Å². The lowest BCUT2D eigenvalue weighted by Gasteiger charge is -2.24. The second kappa shape index (κ2) is 10.1. The van der Waals surface area contributed by atoms with Gasteiger partial charge in [-0.25, -0.2) is 4.39 Å². The van der Waals surface area contributed by atoms with Gasteiger partial charge >= 0.3 is 0 Å². The predicted molar refractivity (Wildman–Crippen MR) is 109 cm³/mol. The molecule has 0 aromatic heterocycles. The molecule has 1 aliphatic heterocycles. The number of carbonyl (C=O) groups is 1. The van der Waals surface area contributed by atoms with E-state index in [4.69, 9.17) is 9.90 Å². The number of nitrogens with one attached hydrogen (secondary N) is 1. The summed E-state index contributed by atoms with van der Waals surface area (Å²) in [7, 11) is 0. The quantitative estimate of drug-likeness (QED) is 0.681. The summed E-state index contributed by atoms with van der Waals surface area (Å²) in [4.78, 5) is 9.00. The van der Waals surface area contributed by atoms with Gasteiger partial charge in [0.2, 0.25) is 0 Å². The van der Waals surface area contributed by atoms with E-state index >= 15 is 0 Å². The van der Waals surface area contributed by atoms with Crippen LogP contribution in [0.5, 0.6) is 0 Å². The topological polar surface area (TPSA) is 49.3 Å². The Kier molecular flexibility index (Phi) is 7.83. The SMILES string of the molecule is CC(=O)O.CCC(CC(C)c1ccc(F)cc1)c1ccc2c(c1)CCCN2. The van der Waals surface area contributed by atoms with Crippen molar-refractivity contribution < 1.29 is 14.3 Å². The Balaban J connectivity index is 0.000000596. The van der Waals surface area contributed by atoms with Crippen LogP contribution in [0.15, 0.2) is 42.5 Å². The molecular formula is C23H30FNO2. The predicted octanol–water partition coefficient (Wildman–Crippen LogP) is 5.96. The van der Waals surface area contributed by atoms with E-state index in [9.17, 15) is 4.39 Å². The van der Waals surface area contributed by atoms with Crippen molar-refractivity contribution in [3.05, 3.63) is 65.0 Å². The minimum absolute atomic E-state index is 0.157. The minimum atomic E-state index is -0.833. The van der Waals surface area contributed by atoms with Gasteiger partial charge in [0, 0.05) is 19.2 Å². The van der Waals surface area contributed by atoms with Gasteiger partial charge in [-0.2, -0.15) is 0 Å². The zero-order valence-corrected chi connectivity index (χ0v) is 16.5. The molecule has 3 nitrogen and oxygen atoms in total. The molecular weight excluding hydrogens is 341 g/mol. The lowest BCUT2D eigenvalue weighted by atomic mass is 9.83. The second-order valence-corrected chi connectivity index (χ2v) is 7.26. The van der Waals surface area contributed by atoms with Gasteiger partial charge in [0.15, 0.2) is 0 Å². The Labute approximate surface area is 161 Å². The third kappa shape index (κ3) is 6.38. The summed E-state index contributed by atoms with van der Waals surface area (Å²) in [6.45, 7) is 6.68. The molecule has 2 atom stereocenters. The van der Waals surface area contributed by atoms with Gasteiger partial charge < -0.3 is 10.4 Å². The Morgan fingerprint density at radius 1 is 1.19 bits per heavy atom. The second-order valence-electron chi connectivity index (χ2n) is 7.26. The van der Waals surface area contributed by atoms with Crippen LogP contribution in [0.3, 0.4) is 0 Å². The van der Waals surface area contributed by atoms with E-state index in [1.165, 1.54) is 35.2 Å². The highest BCUT2D eigenvalue weighted by Crippen LogP contribution is 2.34. The van der Waals surface area contributed by atoms with Crippen LogP contribution in [0.25, 0.3) is 0 Å². The number of carboxylic acids is 1. The van der Waals surface area contributed by atoms with E-state index in [0.29, 0.717) is 11.8 Å². The molecule has 0 saturated carbocycles. The molecule has 1 heterocycles. The zero-order chi connectivity index (χ0) is 19.8. The van der Waals surface area contributed by atoms with E-state index in [-0.39, 0.29) is 5.82 Å². The summed E-state index contributed by atoms with van der Waals surface area (Å²) in [6, 6.07) is 13.9. The number of anilines is 1. The number of hydrogen-bond acceptors (Lipinski definition) is 2. The van der Waals surface area contributed by atoms with Crippen molar-refractivity contribution in [2.45, 2.75) is 58.3 Å². The molecule has 0 radical (unpaired) electrons. The monoisotopic (exact) mass is 371 g/mol. The van der Waals surface area contributed by atoms with Crippen LogP contribution in [0.2, 0.25) is 0 Å². The van der Waals surface area contributed by atoms with Gasteiger partial charge in [-0.3, -0.25) is 4.79 Å². The van der Waals surface area contributed by atoms with Gasteiger partial charge in [-0.05, 0) is 72.4 Å². The molecule has 27 heavy (non-hydrogen) atoms. The van der Waals surface area contributed by atoms with Gasteiger partial charge in [0.25, 0.3) is 5.97 Å². The lowest BCUT2D eigenvalue weighted by Crippen LogP contribution is -2.12. The number of hydrogen-bond donors (Lipinski definition) is 2. The number of fused-ring (bicyclic) bond motifs is 1. The molecule has 4 heteroatoms. The van der Waals surface area contributed by atoms with Crippen LogP contribution in [0.1, 0.15) is 68.6 Å². The van der Waals surface area contributed by atoms with Gasteiger partial charge in [0.05, 0.1) is 0 Å². The van der Waals surface area contributed by atoms with Crippen LogP contribution < -0.4 is 5.32 Å². The van der Waals surface area contributed by atoms with E-state index in [1.807, 2.05) is 12.1 Å². The molecule has 0 amide bonds. The molecule has 0 bridgehead atoms. The number of aliphatic carboxylic acids is 1. The summed E-state index contributed by atoms with van der Waals surface area (Å²) in [5.74, 6) is 0.00663. The van der Waals surface area contributed by atoms with Crippen LogP contribution in [0.4, 0.5) is 10.1 Å². The van der Waals surface area contributed by atoms with Crippen molar-refractivity contribution in [2.75, 3.05) is 11.9 Å². The average Bonchev–Trinajstić information content (AvgIpc) is 2.65. The molecule has 0 aliphatic carbocycles. The maximum absolute atomic E-state index is 13.1. The molecule has 0 spiro atoms. The maximum Gasteiger partial charge on any atom is 0.300 e. The van der Waals surface area contributed by atoms with Crippen LogP contribution >= 0.6 is 0 Å². The first kappa shape index (κ1) is 20.9. The third-order valence-corrected chi connectivity index (χ3v) is 5.11. The standard InChI is InChI=1S/C21H26FN.C2H4O2/c1-3-16(13-15(2)17-6-9-20(22)10-7-17)18-8-11-21-19(14-18)5-4-12-23-21;1-2(3)4/h6-11,14-16,23H,3-5,12-13H2,1-2H3;1H3,(H,3,4). The van der Waals surface area contributed by atoms with Crippen LogP contribution in [-0.2, 0) is 11.2 Å². The van der Waals surface area contributed by atoms with Gasteiger partial charge in [-0.1, -0.05) is 38.1 Å². The number of rotatable bonds is 5. The smallest absolute Gasteiger partial charge is 0.300 e. The highest BCUT2D eigenvalue weighted by atomic mass is 19.1. The molecule has 3 rings (SSSR count). The van der Waals surface area contributed by atoms with E-state index in [0.717, 1.165) is 26.3 Å². The van der Waals surface area contributed by atoms with E-state index in [2.05, 4.69) is 37.4 Å². The first-order valence-corrected chi connectivity index (χ1v) is 9.72. The van der Waals surface area contributed by atoms with Crippen molar-refractivity contribution in [3.8, 4) is 0 Å². The van der Waals surface area contributed by atoms with Gasteiger partial charge in [-0.15, -0.1) is 0 Å². The number of benzene rings is 2. The Hall–Kier alpha value is -2.36. The number of carboxylic acid groups (broad SMARTS) is 1. The van der Waals surface area contributed by atoms with Crippen molar-refractivity contribution >= 4 is 11.7 Å². The fourth-order valence-electron chi connectivity index (χ4n) is 3.64. The summed E-state index contributed by atoms with van der Waals surface area (Å²) >= 11 is 0. The summed E-state index contributed by atoms with van der Waals surface area (Å²) in [6.07, 6.45) is 4.64. The Bertz CT molecular complexity index is 739. The highest BCUT2D eigenvalue weighted by molar-refractivity contribution is 5.63. The summed E-state index contributed by atoms with van der Waals surface area (Å²) in [5, 5.41) is 10.9. The summed E-state index contributed by atoms with van der Waals surface area (Å²) < 4.78 is 13.1. The Morgan fingerprint density at radius 2 is 1.81 bits per heavy atom. The van der Waals surface area contributed by atoms with Gasteiger partial charge in [0.1, 0.15) is 5.82 Å². The molecule has 1 aliphatic rings. The van der Waals surface area contributed by atoms with E-state index in [1.54, 1.807) is 12.1 Å². The maximum atomic E-state index is 13.1. The first-order valence-electron chi connectivity index (χ1n) is 9.72. The summed E-state index contributed by atoms with van der Waals surface area (Å²) in [5.41, 5.74) is 5.44. The number of aryl methyl sites for hydroxylation is 1. The molecule has 2 unspecified atom stereocenters. The van der Waals surface area contributed by atoms with E-state index < -0.39 is 5.97 Å². The van der Waals surface area contributed by atoms with Crippen LogP contribution in [0, 0.1) is 5.82 Å². The third-order valence-electron chi connectivity index (χ3n) is 5.11. The molecule has 146 valence electrons. The highest BCUT2D eigenvalue weighted by Gasteiger charge is 2.17. The molecule has 2 aromatic carbocycles. The molecule has 0 fully saturated rings. The molecule has 0 saturated heterocycles. The minimum Gasteiger partial charge on any atom is -0.481 e. The first-order chi connectivity index (χ1) is 12.9.